The predicted octanol–water partition coefficient (Wildman–Crippen LogP) is 4.04. The van der Waals surface area contributed by atoms with Crippen LogP contribution >= 0.6 is 0 Å². The number of phenolic OH excluding ortho intramolecular Hbond substituents is 1. The first kappa shape index (κ1) is 17.3. The van der Waals surface area contributed by atoms with Crippen molar-refractivity contribution in [3.8, 4) is 5.75 Å². The summed E-state index contributed by atoms with van der Waals surface area (Å²) in [7, 11) is -3.78. The maximum Gasteiger partial charge on any atom is 0.262 e. The van der Waals surface area contributed by atoms with Gasteiger partial charge in [0.15, 0.2) is 0 Å². The molecule has 0 aliphatic heterocycles. The van der Waals surface area contributed by atoms with Crippen LogP contribution in [0.15, 0.2) is 23.1 Å². The molecule has 2 rings (SSSR count). The van der Waals surface area contributed by atoms with Crippen molar-refractivity contribution in [2.45, 2.75) is 46.4 Å². The van der Waals surface area contributed by atoms with Crippen LogP contribution in [0, 0.1) is 41.5 Å². The van der Waals surface area contributed by atoms with Crippen LogP contribution in [0.25, 0.3) is 0 Å². The lowest BCUT2D eigenvalue weighted by Gasteiger charge is -2.19. The van der Waals surface area contributed by atoms with Crippen molar-refractivity contribution in [1.82, 2.24) is 0 Å². The van der Waals surface area contributed by atoms with Crippen LogP contribution in [0.5, 0.6) is 5.75 Å². The van der Waals surface area contributed by atoms with Crippen LogP contribution in [-0.4, -0.2) is 13.5 Å². The first-order chi connectivity index (χ1) is 10.6. The molecule has 5 heteroatoms. The van der Waals surface area contributed by atoms with Crippen molar-refractivity contribution in [1.29, 1.82) is 0 Å². The number of sulfonamides is 1. The van der Waals surface area contributed by atoms with E-state index in [9.17, 15) is 13.5 Å². The molecule has 0 bridgehead atoms. The molecule has 23 heavy (non-hydrogen) atoms. The summed E-state index contributed by atoms with van der Waals surface area (Å²) in [6, 6.07) is 4.85. The van der Waals surface area contributed by atoms with Crippen LogP contribution in [0.3, 0.4) is 0 Å². The molecule has 0 unspecified atom stereocenters. The number of nitrogens with one attached hydrogen (secondary N) is 1. The molecule has 124 valence electrons. The molecular weight excluding hydrogens is 310 g/mol. The van der Waals surface area contributed by atoms with E-state index in [1.165, 1.54) is 6.07 Å². The van der Waals surface area contributed by atoms with Crippen molar-refractivity contribution in [2.75, 3.05) is 4.72 Å². The topological polar surface area (TPSA) is 66.4 Å². The number of rotatable bonds is 3. The molecule has 0 atom stereocenters. The average Bonchev–Trinajstić information content (AvgIpc) is 2.46. The largest absolute Gasteiger partial charge is 0.506 e. The zero-order valence-corrected chi connectivity index (χ0v) is 15.2. The molecule has 4 nitrogen and oxygen atoms in total. The third kappa shape index (κ3) is 3.06. The number of aryl methyl sites for hydroxylation is 1. The predicted molar refractivity (Wildman–Crippen MR) is 93.8 cm³/mol. The van der Waals surface area contributed by atoms with E-state index >= 15 is 0 Å². The fourth-order valence-corrected chi connectivity index (χ4v) is 4.47. The van der Waals surface area contributed by atoms with Crippen LogP contribution in [0.4, 0.5) is 5.69 Å². The van der Waals surface area contributed by atoms with Gasteiger partial charge in [0.1, 0.15) is 5.75 Å². The summed E-state index contributed by atoms with van der Waals surface area (Å²) in [4.78, 5) is 0.290. The summed E-state index contributed by atoms with van der Waals surface area (Å²) < 4.78 is 28.3. The van der Waals surface area contributed by atoms with Gasteiger partial charge in [-0.25, -0.2) is 8.42 Å². The van der Waals surface area contributed by atoms with Gasteiger partial charge in [-0.2, -0.15) is 0 Å². The number of hydrogen-bond acceptors (Lipinski definition) is 3. The number of phenols is 1. The Balaban J connectivity index is 2.61. The fourth-order valence-electron chi connectivity index (χ4n) is 2.79. The second kappa shape index (κ2) is 5.89. The number of aromatic hydroxyl groups is 1. The lowest BCUT2D eigenvalue weighted by atomic mass is 9.95. The molecule has 0 amide bonds. The lowest BCUT2D eigenvalue weighted by Crippen LogP contribution is -2.17. The highest BCUT2D eigenvalue weighted by molar-refractivity contribution is 7.92. The molecule has 2 N–H and O–H groups in total. The van der Waals surface area contributed by atoms with Gasteiger partial charge in [0.2, 0.25) is 0 Å². The molecule has 0 aliphatic carbocycles. The lowest BCUT2D eigenvalue weighted by molar-refractivity contribution is 0.477. The molecule has 0 heterocycles. The van der Waals surface area contributed by atoms with E-state index in [1.54, 1.807) is 12.1 Å². The van der Waals surface area contributed by atoms with E-state index < -0.39 is 10.0 Å². The van der Waals surface area contributed by atoms with Gasteiger partial charge in [-0.15, -0.1) is 0 Å². The summed E-state index contributed by atoms with van der Waals surface area (Å²) in [5.74, 6) is -0.0792. The summed E-state index contributed by atoms with van der Waals surface area (Å²) in [5, 5.41) is 9.97. The molecule has 0 aliphatic rings. The minimum absolute atomic E-state index is 0.0792. The van der Waals surface area contributed by atoms with Gasteiger partial charge in [0.25, 0.3) is 10.0 Å². The van der Waals surface area contributed by atoms with E-state index in [0.29, 0.717) is 0 Å². The van der Waals surface area contributed by atoms with Crippen LogP contribution in [0.1, 0.15) is 33.4 Å². The van der Waals surface area contributed by atoms with Gasteiger partial charge in [0, 0.05) is 0 Å². The van der Waals surface area contributed by atoms with Crippen molar-refractivity contribution < 1.29 is 13.5 Å². The highest BCUT2D eigenvalue weighted by Crippen LogP contribution is 2.32. The molecule has 2 aromatic rings. The minimum atomic E-state index is -3.78. The summed E-state index contributed by atoms with van der Waals surface area (Å²) in [6.07, 6.45) is 0. The monoisotopic (exact) mass is 333 g/mol. The van der Waals surface area contributed by atoms with E-state index in [4.69, 9.17) is 0 Å². The Bertz CT molecular complexity index is 855. The summed E-state index contributed by atoms with van der Waals surface area (Å²) in [6.45, 7) is 11.3. The van der Waals surface area contributed by atoms with Gasteiger partial charge in [-0.3, -0.25) is 4.72 Å². The maximum atomic E-state index is 12.9. The second-order valence-corrected chi connectivity index (χ2v) is 7.70. The summed E-state index contributed by atoms with van der Waals surface area (Å²) >= 11 is 0. The van der Waals surface area contributed by atoms with Crippen LogP contribution < -0.4 is 4.72 Å². The average molecular weight is 333 g/mol. The third-order valence-electron chi connectivity index (χ3n) is 4.60. The number of benzene rings is 2. The van der Waals surface area contributed by atoms with E-state index in [1.807, 2.05) is 41.5 Å². The second-order valence-electron chi connectivity index (χ2n) is 6.08. The van der Waals surface area contributed by atoms with E-state index in [2.05, 4.69) is 4.72 Å². The van der Waals surface area contributed by atoms with E-state index in [0.717, 1.165) is 33.4 Å². The quantitative estimate of drug-likeness (QED) is 0.833. The molecule has 0 aromatic heterocycles. The standard InChI is InChI=1S/C18H23NO3S/c1-10-7-8-16(17(20)9-10)19-23(21,22)18-14(5)12(3)11(2)13(4)15(18)6/h7-9,19-20H,1-6H3. The van der Waals surface area contributed by atoms with Crippen molar-refractivity contribution in [2.24, 2.45) is 0 Å². The highest BCUT2D eigenvalue weighted by atomic mass is 32.2. The van der Waals surface area contributed by atoms with Gasteiger partial charge in [-0.05, 0) is 87.1 Å². The molecular formula is C18H23NO3S. The number of anilines is 1. The van der Waals surface area contributed by atoms with Gasteiger partial charge < -0.3 is 5.11 Å². The first-order valence-corrected chi connectivity index (χ1v) is 8.94. The molecule has 2 aromatic carbocycles. The zero-order chi connectivity index (χ0) is 17.5. The van der Waals surface area contributed by atoms with Gasteiger partial charge in [-0.1, -0.05) is 6.07 Å². The first-order valence-electron chi connectivity index (χ1n) is 7.45. The van der Waals surface area contributed by atoms with Gasteiger partial charge >= 0.3 is 0 Å². The maximum absolute atomic E-state index is 12.9. The Kier molecular flexibility index (Phi) is 4.44. The van der Waals surface area contributed by atoms with Crippen LogP contribution in [0.2, 0.25) is 0 Å². The van der Waals surface area contributed by atoms with Crippen molar-refractivity contribution >= 4 is 15.7 Å². The molecule has 0 saturated heterocycles. The smallest absolute Gasteiger partial charge is 0.262 e. The summed E-state index contributed by atoms with van der Waals surface area (Å²) in [5.41, 5.74) is 5.58. The molecule has 0 radical (unpaired) electrons. The molecule has 0 fully saturated rings. The Hall–Kier alpha value is -2.01. The molecule has 0 saturated carbocycles. The molecule has 0 spiro atoms. The Morgan fingerprint density at radius 3 is 1.78 bits per heavy atom. The third-order valence-corrected chi connectivity index (χ3v) is 6.24. The van der Waals surface area contributed by atoms with Crippen molar-refractivity contribution in [3.05, 3.63) is 51.6 Å². The van der Waals surface area contributed by atoms with E-state index in [-0.39, 0.29) is 16.3 Å². The fraction of sp³-hybridized carbons (Fsp3) is 0.333. The zero-order valence-electron chi connectivity index (χ0n) is 14.4. The van der Waals surface area contributed by atoms with Crippen molar-refractivity contribution in [3.63, 3.8) is 0 Å². The normalized spacial score (nSPS) is 11.6. The Morgan fingerprint density at radius 1 is 0.826 bits per heavy atom. The Labute approximate surface area is 138 Å². The minimum Gasteiger partial charge on any atom is -0.506 e. The SMILES string of the molecule is Cc1ccc(NS(=O)(=O)c2c(C)c(C)c(C)c(C)c2C)c(O)c1. The van der Waals surface area contributed by atoms with Crippen LogP contribution in [-0.2, 0) is 10.0 Å². The van der Waals surface area contributed by atoms with Gasteiger partial charge in [0.05, 0.1) is 10.6 Å². The Morgan fingerprint density at radius 2 is 1.30 bits per heavy atom. The highest BCUT2D eigenvalue weighted by Gasteiger charge is 2.24. The number of hydrogen-bond donors (Lipinski definition) is 2.